The van der Waals surface area contributed by atoms with E-state index in [9.17, 15) is 0 Å². The molecule has 0 radical (unpaired) electrons. The van der Waals surface area contributed by atoms with E-state index >= 15 is 0 Å². The number of ether oxygens (including phenoxy) is 1. The minimum absolute atomic E-state index is 0.422. The van der Waals surface area contributed by atoms with Crippen LogP contribution in [-0.4, -0.2) is 6.10 Å². The molecule has 1 atom stereocenters. The van der Waals surface area contributed by atoms with E-state index in [2.05, 4.69) is 6.07 Å². The van der Waals surface area contributed by atoms with Crippen LogP contribution in [0.3, 0.4) is 0 Å². The summed E-state index contributed by atoms with van der Waals surface area (Å²) in [6.45, 7) is 3.86. The highest BCUT2D eigenvalue weighted by molar-refractivity contribution is 6.32. The van der Waals surface area contributed by atoms with E-state index in [1.165, 1.54) is 0 Å². The molecule has 0 aliphatic carbocycles. The molecule has 0 aliphatic rings. The molecule has 0 saturated heterocycles. The van der Waals surface area contributed by atoms with Gasteiger partial charge < -0.3 is 4.74 Å². The Morgan fingerprint density at radius 2 is 2.29 bits per heavy atom. The van der Waals surface area contributed by atoms with Gasteiger partial charge in [-0.3, -0.25) is 0 Å². The lowest BCUT2D eigenvalue weighted by molar-refractivity contribution is 0.252. The van der Waals surface area contributed by atoms with Gasteiger partial charge in [0.2, 0.25) is 0 Å². The Morgan fingerprint density at radius 3 is 2.86 bits per heavy atom. The van der Waals surface area contributed by atoms with E-state index in [1.807, 2.05) is 26.0 Å². The van der Waals surface area contributed by atoms with Crippen LogP contribution in [0.4, 0.5) is 0 Å². The van der Waals surface area contributed by atoms with Crippen molar-refractivity contribution < 1.29 is 4.74 Å². The summed E-state index contributed by atoms with van der Waals surface area (Å²) in [6.07, 6.45) is 0.232. The van der Waals surface area contributed by atoms with E-state index in [0.717, 1.165) is 5.56 Å². The van der Waals surface area contributed by atoms with Crippen LogP contribution in [-0.2, 0) is 0 Å². The van der Waals surface area contributed by atoms with Gasteiger partial charge in [-0.1, -0.05) is 24.6 Å². The Balaban J connectivity index is 2.86. The molecule has 0 heterocycles. The Hall–Kier alpha value is -1.20. The smallest absolute Gasteiger partial charge is 0.184 e. The van der Waals surface area contributed by atoms with E-state index in [1.54, 1.807) is 6.07 Å². The number of rotatable bonds is 3. The predicted octanol–water partition coefficient (Wildman–Crippen LogP) is 3.33. The van der Waals surface area contributed by atoms with Gasteiger partial charge in [0.1, 0.15) is 11.8 Å². The average Bonchev–Trinajstić information content (AvgIpc) is 2.19. The number of benzene rings is 1. The van der Waals surface area contributed by atoms with Gasteiger partial charge in [0.25, 0.3) is 0 Å². The molecular weight excluding hydrogens is 198 g/mol. The van der Waals surface area contributed by atoms with Gasteiger partial charge >= 0.3 is 0 Å². The first-order valence-electron chi connectivity index (χ1n) is 4.49. The summed E-state index contributed by atoms with van der Waals surface area (Å²) in [5, 5.41) is 9.28. The third-order valence-corrected chi connectivity index (χ3v) is 2.18. The summed E-state index contributed by atoms with van der Waals surface area (Å²) in [4.78, 5) is 0. The van der Waals surface area contributed by atoms with Crippen LogP contribution in [0, 0.1) is 18.3 Å². The predicted molar refractivity (Wildman–Crippen MR) is 56.5 cm³/mol. The fourth-order valence-corrected chi connectivity index (χ4v) is 1.22. The quantitative estimate of drug-likeness (QED) is 0.765. The molecule has 0 N–H and O–H groups in total. The fraction of sp³-hybridized carbons (Fsp3) is 0.364. The molecule has 74 valence electrons. The van der Waals surface area contributed by atoms with Crippen molar-refractivity contribution >= 4 is 11.6 Å². The summed E-state index contributed by atoms with van der Waals surface area (Å²) in [5.74, 6) is 0.583. The Kier molecular flexibility index (Phi) is 3.79. The first kappa shape index (κ1) is 10.9. The molecule has 0 saturated carbocycles. The topological polar surface area (TPSA) is 33.0 Å². The van der Waals surface area contributed by atoms with Crippen LogP contribution in [0.2, 0.25) is 5.02 Å². The van der Waals surface area contributed by atoms with Crippen LogP contribution >= 0.6 is 11.6 Å². The largest absolute Gasteiger partial charge is 0.474 e. The molecule has 1 aromatic rings. The van der Waals surface area contributed by atoms with Gasteiger partial charge in [0, 0.05) is 0 Å². The van der Waals surface area contributed by atoms with Gasteiger partial charge in [-0.15, -0.1) is 0 Å². The molecule has 0 bridgehead atoms. The highest BCUT2D eigenvalue weighted by atomic mass is 35.5. The minimum atomic E-state index is -0.422. The molecule has 0 aromatic heterocycles. The molecule has 0 amide bonds. The molecule has 0 fully saturated rings. The molecule has 1 rings (SSSR count). The molecule has 3 heteroatoms. The summed E-state index contributed by atoms with van der Waals surface area (Å²) >= 11 is 5.92. The molecule has 1 unspecified atom stereocenters. The van der Waals surface area contributed by atoms with Crippen LogP contribution in [0.1, 0.15) is 18.9 Å². The minimum Gasteiger partial charge on any atom is -0.474 e. The van der Waals surface area contributed by atoms with Crippen molar-refractivity contribution in [1.82, 2.24) is 0 Å². The van der Waals surface area contributed by atoms with Gasteiger partial charge in [0.15, 0.2) is 6.10 Å². The standard InChI is InChI=1S/C11H12ClNO/c1-3-9(7-13)14-11-6-8(2)4-5-10(11)12/h4-6,9H,3H2,1-2H3. The first-order chi connectivity index (χ1) is 6.67. The maximum atomic E-state index is 8.73. The number of nitriles is 1. The average molecular weight is 210 g/mol. The monoisotopic (exact) mass is 209 g/mol. The Morgan fingerprint density at radius 1 is 1.57 bits per heavy atom. The van der Waals surface area contributed by atoms with E-state index in [4.69, 9.17) is 21.6 Å². The van der Waals surface area contributed by atoms with E-state index in [-0.39, 0.29) is 0 Å². The lowest BCUT2D eigenvalue weighted by Gasteiger charge is -2.11. The highest BCUT2D eigenvalue weighted by Crippen LogP contribution is 2.26. The number of halogens is 1. The van der Waals surface area contributed by atoms with Crippen molar-refractivity contribution in [2.24, 2.45) is 0 Å². The van der Waals surface area contributed by atoms with E-state index in [0.29, 0.717) is 17.2 Å². The van der Waals surface area contributed by atoms with Crippen LogP contribution in [0.15, 0.2) is 18.2 Å². The van der Waals surface area contributed by atoms with Gasteiger partial charge in [-0.25, -0.2) is 0 Å². The lowest BCUT2D eigenvalue weighted by Crippen LogP contribution is -2.12. The van der Waals surface area contributed by atoms with E-state index < -0.39 is 6.10 Å². The lowest BCUT2D eigenvalue weighted by atomic mass is 10.2. The van der Waals surface area contributed by atoms with Crippen molar-refractivity contribution in [3.63, 3.8) is 0 Å². The zero-order valence-electron chi connectivity index (χ0n) is 8.25. The molecule has 0 spiro atoms. The molecule has 14 heavy (non-hydrogen) atoms. The Labute approximate surface area is 89.1 Å². The summed E-state index contributed by atoms with van der Waals surface area (Å²) < 4.78 is 5.43. The summed E-state index contributed by atoms with van der Waals surface area (Å²) in [6, 6.07) is 7.58. The van der Waals surface area contributed by atoms with Crippen molar-refractivity contribution in [2.45, 2.75) is 26.4 Å². The second kappa shape index (κ2) is 4.88. The van der Waals surface area contributed by atoms with Crippen molar-refractivity contribution in [3.05, 3.63) is 28.8 Å². The zero-order chi connectivity index (χ0) is 10.6. The van der Waals surface area contributed by atoms with Gasteiger partial charge in [-0.2, -0.15) is 5.26 Å². The van der Waals surface area contributed by atoms with Crippen LogP contribution < -0.4 is 4.74 Å². The molecular formula is C11H12ClNO. The van der Waals surface area contributed by atoms with Crippen LogP contribution in [0.25, 0.3) is 0 Å². The molecule has 1 aromatic carbocycles. The van der Waals surface area contributed by atoms with Crippen molar-refractivity contribution in [2.75, 3.05) is 0 Å². The number of hydrogen-bond acceptors (Lipinski definition) is 2. The maximum Gasteiger partial charge on any atom is 0.184 e. The van der Waals surface area contributed by atoms with Crippen molar-refractivity contribution in [3.8, 4) is 11.8 Å². The normalized spacial score (nSPS) is 11.9. The van der Waals surface area contributed by atoms with Gasteiger partial charge in [-0.05, 0) is 31.0 Å². The number of hydrogen-bond donors (Lipinski definition) is 0. The summed E-state index contributed by atoms with van der Waals surface area (Å²) in [7, 11) is 0. The molecule has 2 nitrogen and oxygen atoms in total. The SMILES string of the molecule is CCC(C#N)Oc1cc(C)ccc1Cl. The second-order valence-electron chi connectivity index (χ2n) is 3.08. The van der Waals surface area contributed by atoms with Crippen molar-refractivity contribution in [1.29, 1.82) is 5.26 Å². The third-order valence-electron chi connectivity index (χ3n) is 1.87. The Bertz CT molecular complexity index is 357. The highest BCUT2D eigenvalue weighted by Gasteiger charge is 2.08. The number of nitrogens with zero attached hydrogens (tertiary/aromatic N) is 1. The fourth-order valence-electron chi connectivity index (χ4n) is 1.06. The first-order valence-corrected chi connectivity index (χ1v) is 4.87. The zero-order valence-corrected chi connectivity index (χ0v) is 9.01. The second-order valence-corrected chi connectivity index (χ2v) is 3.48. The number of aryl methyl sites for hydroxylation is 1. The third kappa shape index (κ3) is 2.65. The maximum absolute atomic E-state index is 8.73. The van der Waals surface area contributed by atoms with Crippen LogP contribution in [0.5, 0.6) is 5.75 Å². The molecule has 0 aliphatic heterocycles. The van der Waals surface area contributed by atoms with Gasteiger partial charge in [0.05, 0.1) is 5.02 Å². The summed E-state index contributed by atoms with van der Waals surface area (Å²) in [5.41, 5.74) is 1.07.